The molecule has 0 aliphatic carbocycles. The van der Waals surface area contributed by atoms with Crippen LogP contribution in [0.2, 0.25) is 0 Å². The highest BCUT2D eigenvalue weighted by Crippen LogP contribution is 2.24. The lowest BCUT2D eigenvalue weighted by Crippen LogP contribution is -2.14. The van der Waals surface area contributed by atoms with Gasteiger partial charge in [-0.15, -0.1) is 0 Å². The molecule has 114 valence electrons. The number of benzene rings is 2. The minimum Gasteiger partial charge on any atom is -0.322 e. The molecule has 3 nitrogen and oxygen atoms in total. The number of fused-ring (bicyclic) bond motifs is 1. The van der Waals surface area contributed by atoms with Crippen LogP contribution in [0.3, 0.4) is 0 Å². The van der Waals surface area contributed by atoms with E-state index in [0.717, 1.165) is 16.9 Å². The molecule has 1 aromatic heterocycles. The van der Waals surface area contributed by atoms with Gasteiger partial charge >= 0.3 is 0 Å². The Hall–Kier alpha value is -2.20. The normalized spacial score (nSPS) is 12.8. The van der Waals surface area contributed by atoms with Crippen molar-refractivity contribution in [1.29, 1.82) is 0 Å². The standard InChI is InChI=1S/C18H20FN3/c1-11-8-16-17(9-12(11)2)22(18(21-16)13(3)20)10-14-6-4-5-7-15(14)19/h4-9,13H,10,20H2,1-3H3. The van der Waals surface area contributed by atoms with Gasteiger partial charge in [0.05, 0.1) is 23.6 Å². The predicted molar refractivity (Wildman–Crippen MR) is 87.3 cm³/mol. The molecule has 2 aromatic carbocycles. The van der Waals surface area contributed by atoms with Crippen molar-refractivity contribution in [1.82, 2.24) is 9.55 Å². The van der Waals surface area contributed by atoms with Crippen molar-refractivity contribution in [3.63, 3.8) is 0 Å². The van der Waals surface area contributed by atoms with E-state index in [0.29, 0.717) is 12.1 Å². The number of nitrogens with zero attached hydrogens (tertiary/aromatic N) is 2. The SMILES string of the molecule is Cc1cc2nc(C(C)N)n(Cc3ccccc3F)c2cc1C. The van der Waals surface area contributed by atoms with Crippen molar-refractivity contribution < 1.29 is 4.39 Å². The van der Waals surface area contributed by atoms with E-state index in [9.17, 15) is 4.39 Å². The predicted octanol–water partition coefficient (Wildman–Crippen LogP) is 3.86. The second-order valence-corrected chi connectivity index (χ2v) is 5.86. The van der Waals surface area contributed by atoms with E-state index in [4.69, 9.17) is 5.73 Å². The van der Waals surface area contributed by atoms with Crippen molar-refractivity contribution in [3.05, 3.63) is 64.7 Å². The lowest BCUT2D eigenvalue weighted by molar-refractivity contribution is 0.590. The number of hydrogen-bond donors (Lipinski definition) is 1. The molecule has 3 rings (SSSR count). The molecule has 0 aliphatic heterocycles. The summed E-state index contributed by atoms with van der Waals surface area (Å²) in [5.74, 6) is 0.576. The third kappa shape index (κ3) is 2.50. The summed E-state index contributed by atoms with van der Waals surface area (Å²) in [4.78, 5) is 4.66. The summed E-state index contributed by atoms with van der Waals surface area (Å²) >= 11 is 0. The molecule has 0 radical (unpaired) electrons. The zero-order valence-electron chi connectivity index (χ0n) is 13.1. The van der Waals surface area contributed by atoms with Crippen molar-refractivity contribution >= 4 is 11.0 Å². The summed E-state index contributed by atoms with van der Waals surface area (Å²) in [6.07, 6.45) is 0. The van der Waals surface area contributed by atoms with Crippen molar-refractivity contribution in [2.45, 2.75) is 33.4 Å². The monoisotopic (exact) mass is 297 g/mol. The molecule has 3 aromatic rings. The first-order valence-electron chi connectivity index (χ1n) is 7.43. The Labute approximate surface area is 129 Å². The fourth-order valence-corrected chi connectivity index (χ4v) is 2.71. The second kappa shape index (κ2) is 5.54. The molecule has 2 N–H and O–H groups in total. The number of hydrogen-bond acceptors (Lipinski definition) is 2. The number of aromatic nitrogens is 2. The van der Waals surface area contributed by atoms with Crippen LogP contribution >= 0.6 is 0 Å². The van der Waals surface area contributed by atoms with Crippen molar-refractivity contribution in [2.75, 3.05) is 0 Å². The number of halogens is 1. The maximum atomic E-state index is 14.0. The van der Waals surface area contributed by atoms with Gasteiger partial charge in [0.15, 0.2) is 0 Å². The molecule has 0 saturated heterocycles. The fraction of sp³-hybridized carbons (Fsp3) is 0.278. The van der Waals surface area contributed by atoms with E-state index in [2.05, 4.69) is 31.0 Å². The maximum absolute atomic E-state index is 14.0. The molecule has 1 atom stereocenters. The van der Waals surface area contributed by atoms with Crippen LogP contribution in [-0.2, 0) is 6.54 Å². The van der Waals surface area contributed by atoms with E-state index < -0.39 is 0 Å². The third-order valence-electron chi connectivity index (χ3n) is 4.09. The van der Waals surface area contributed by atoms with Crippen LogP contribution < -0.4 is 5.73 Å². The quantitative estimate of drug-likeness (QED) is 0.797. The van der Waals surface area contributed by atoms with Crippen LogP contribution in [0.4, 0.5) is 4.39 Å². The van der Waals surface area contributed by atoms with Gasteiger partial charge in [0.2, 0.25) is 0 Å². The van der Waals surface area contributed by atoms with Crippen LogP contribution in [0.1, 0.15) is 35.5 Å². The van der Waals surface area contributed by atoms with E-state index in [1.807, 2.05) is 17.6 Å². The van der Waals surface area contributed by atoms with Gasteiger partial charge in [0, 0.05) is 5.56 Å². The topological polar surface area (TPSA) is 43.8 Å². The highest BCUT2D eigenvalue weighted by molar-refractivity contribution is 5.78. The van der Waals surface area contributed by atoms with Crippen molar-refractivity contribution in [2.24, 2.45) is 5.73 Å². The summed E-state index contributed by atoms with van der Waals surface area (Å²) in [7, 11) is 0. The van der Waals surface area contributed by atoms with Crippen LogP contribution in [0, 0.1) is 19.7 Å². The number of rotatable bonds is 3. The lowest BCUT2D eigenvalue weighted by atomic mass is 10.1. The summed E-state index contributed by atoms with van der Waals surface area (Å²) < 4.78 is 16.0. The molecule has 22 heavy (non-hydrogen) atoms. The first-order chi connectivity index (χ1) is 10.5. The maximum Gasteiger partial charge on any atom is 0.128 e. The highest BCUT2D eigenvalue weighted by Gasteiger charge is 2.16. The van der Waals surface area contributed by atoms with Crippen molar-refractivity contribution in [3.8, 4) is 0 Å². The number of aryl methyl sites for hydroxylation is 2. The fourth-order valence-electron chi connectivity index (χ4n) is 2.71. The number of imidazole rings is 1. The van der Waals surface area contributed by atoms with Gasteiger partial charge in [0.1, 0.15) is 11.6 Å². The molecule has 0 bridgehead atoms. The molecular formula is C18H20FN3. The van der Waals surface area contributed by atoms with Crippen LogP contribution in [0.5, 0.6) is 0 Å². The van der Waals surface area contributed by atoms with Crippen LogP contribution in [0.15, 0.2) is 36.4 Å². The molecule has 4 heteroatoms. The number of nitrogens with two attached hydrogens (primary N) is 1. The summed E-state index contributed by atoms with van der Waals surface area (Å²) in [6.45, 7) is 6.47. The Bertz CT molecular complexity index is 834. The molecule has 0 fully saturated rings. The minimum absolute atomic E-state index is 0.205. The van der Waals surface area contributed by atoms with E-state index >= 15 is 0 Å². The average Bonchev–Trinajstić information content (AvgIpc) is 2.80. The Balaban J connectivity index is 2.20. The Morgan fingerprint density at radius 3 is 2.55 bits per heavy atom. The Kier molecular flexibility index (Phi) is 3.71. The van der Waals surface area contributed by atoms with Gasteiger partial charge in [-0.25, -0.2) is 9.37 Å². The van der Waals surface area contributed by atoms with Gasteiger partial charge in [0.25, 0.3) is 0 Å². The van der Waals surface area contributed by atoms with Gasteiger partial charge in [-0.3, -0.25) is 0 Å². The first kappa shape index (κ1) is 14.7. The molecular weight excluding hydrogens is 277 g/mol. The molecule has 1 unspecified atom stereocenters. The zero-order chi connectivity index (χ0) is 15.9. The zero-order valence-corrected chi connectivity index (χ0v) is 13.1. The molecule has 0 amide bonds. The van der Waals surface area contributed by atoms with E-state index in [1.54, 1.807) is 12.1 Å². The van der Waals surface area contributed by atoms with Crippen LogP contribution in [0.25, 0.3) is 11.0 Å². The lowest BCUT2D eigenvalue weighted by Gasteiger charge is -2.12. The van der Waals surface area contributed by atoms with Gasteiger partial charge in [-0.1, -0.05) is 18.2 Å². The van der Waals surface area contributed by atoms with E-state index in [1.165, 1.54) is 17.2 Å². The van der Waals surface area contributed by atoms with Gasteiger partial charge in [-0.05, 0) is 50.1 Å². The molecule has 0 aliphatic rings. The average molecular weight is 297 g/mol. The highest BCUT2D eigenvalue weighted by atomic mass is 19.1. The Morgan fingerprint density at radius 2 is 1.86 bits per heavy atom. The smallest absolute Gasteiger partial charge is 0.128 e. The van der Waals surface area contributed by atoms with Gasteiger partial charge in [-0.2, -0.15) is 0 Å². The molecule has 0 saturated carbocycles. The first-order valence-corrected chi connectivity index (χ1v) is 7.43. The summed E-state index contributed by atoms with van der Waals surface area (Å²) in [6, 6.07) is 10.8. The summed E-state index contributed by atoms with van der Waals surface area (Å²) in [5.41, 5.74) is 11.0. The van der Waals surface area contributed by atoms with E-state index in [-0.39, 0.29) is 11.9 Å². The Morgan fingerprint density at radius 1 is 1.18 bits per heavy atom. The molecule has 1 heterocycles. The van der Waals surface area contributed by atoms with Crippen LogP contribution in [-0.4, -0.2) is 9.55 Å². The largest absolute Gasteiger partial charge is 0.322 e. The third-order valence-corrected chi connectivity index (χ3v) is 4.09. The minimum atomic E-state index is -0.209. The summed E-state index contributed by atoms with van der Waals surface area (Å²) in [5, 5.41) is 0. The molecule has 0 spiro atoms. The van der Waals surface area contributed by atoms with Gasteiger partial charge < -0.3 is 10.3 Å². The second-order valence-electron chi connectivity index (χ2n) is 5.86.